The third kappa shape index (κ3) is 2.22. The first-order valence-electron chi connectivity index (χ1n) is 6.43. The summed E-state index contributed by atoms with van der Waals surface area (Å²) in [6, 6.07) is 0.460. The summed E-state index contributed by atoms with van der Waals surface area (Å²) in [7, 11) is 0. The molecule has 0 aromatic carbocycles. The molecule has 0 bridgehead atoms. The highest BCUT2D eigenvalue weighted by atomic mass is 35.5. The van der Waals surface area contributed by atoms with Crippen LogP contribution in [0.25, 0.3) is 0 Å². The van der Waals surface area contributed by atoms with E-state index in [9.17, 15) is 0 Å². The molecule has 0 amide bonds. The molecule has 3 atom stereocenters. The molecule has 17 heavy (non-hydrogen) atoms. The van der Waals surface area contributed by atoms with Gasteiger partial charge in [-0.15, -0.1) is 10.2 Å². The summed E-state index contributed by atoms with van der Waals surface area (Å²) in [5.41, 5.74) is -0.00825. The van der Waals surface area contributed by atoms with Crippen LogP contribution in [0.2, 0.25) is 5.28 Å². The molecule has 0 aliphatic heterocycles. The van der Waals surface area contributed by atoms with Crippen LogP contribution >= 0.6 is 11.6 Å². The van der Waals surface area contributed by atoms with E-state index >= 15 is 0 Å². The zero-order valence-electron chi connectivity index (χ0n) is 11.4. The lowest BCUT2D eigenvalue weighted by Gasteiger charge is -2.26. The van der Waals surface area contributed by atoms with E-state index in [4.69, 9.17) is 11.6 Å². The molecule has 1 saturated carbocycles. The fraction of sp³-hybridized carbons (Fsp3) is 0.846. The van der Waals surface area contributed by atoms with E-state index in [0.717, 1.165) is 11.7 Å². The van der Waals surface area contributed by atoms with Crippen molar-refractivity contribution >= 4 is 11.6 Å². The molecule has 1 aromatic rings. The summed E-state index contributed by atoms with van der Waals surface area (Å²) in [5, 5.41) is 8.88. The van der Waals surface area contributed by atoms with Crippen molar-refractivity contribution in [3.63, 3.8) is 0 Å². The molecule has 0 saturated heterocycles. The van der Waals surface area contributed by atoms with Crippen molar-refractivity contribution in [1.29, 1.82) is 0 Å². The Morgan fingerprint density at radius 1 is 1.18 bits per heavy atom. The number of nitrogens with zero attached hydrogens (tertiary/aromatic N) is 3. The first kappa shape index (κ1) is 12.9. The minimum absolute atomic E-state index is 0.00825. The second kappa shape index (κ2) is 4.27. The first-order valence-corrected chi connectivity index (χ1v) is 6.81. The van der Waals surface area contributed by atoms with E-state index in [0.29, 0.717) is 17.2 Å². The number of aromatic nitrogens is 3. The van der Waals surface area contributed by atoms with Gasteiger partial charge in [0, 0.05) is 11.5 Å². The molecule has 1 aliphatic carbocycles. The Kier molecular flexibility index (Phi) is 3.23. The molecule has 2 rings (SSSR count). The van der Waals surface area contributed by atoms with Crippen LogP contribution in [0, 0.1) is 11.8 Å². The quantitative estimate of drug-likeness (QED) is 0.764. The van der Waals surface area contributed by atoms with Gasteiger partial charge in [0.25, 0.3) is 0 Å². The van der Waals surface area contributed by atoms with Gasteiger partial charge in [-0.2, -0.15) is 0 Å². The van der Waals surface area contributed by atoms with Crippen molar-refractivity contribution in [2.75, 3.05) is 0 Å². The van der Waals surface area contributed by atoms with Crippen LogP contribution in [-0.4, -0.2) is 14.8 Å². The molecular weight excluding hydrogens is 234 g/mol. The Morgan fingerprint density at radius 3 is 2.29 bits per heavy atom. The van der Waals surface area contributed by atoms with Gasteiger partial charge < -0.3 is 0 Å². The molecule has 0 N–H and O–H groups in total. The monoisotopic (exact) mass is 255 g/mol. The van der Waals surface area contributed by atoms with Gasteiger partial charge in [0.05, 0.1) is 0 Å². The summed E-state index contributed by atoms with van der Waals surface area (Å²) < 4.78 is 2.16. The van der Waals surface area contributed by atoms with Crippen molar-refractivity contribution in [2.24, 2.45) is 11.8 Å². The number of hydrogen-bond acceptors (Lipinski definition) is 2. The number of hydrogen-bond donors (Lipinski definition) is 0. The molecule has 4 heteroatoms. The van der Waals surface area contributed by atoms with Crippen LogP contribution in [0.5, 0.6) is 0 Å². The highest BCUT2D eigenvalue weighted by molar-refractivity contribution is 6.28. The molecule has 1 aliphatic rings. The Labute approximate surface area is 109 Å². The SMILES string of the molecule is CC1CCC(n2c(Cl)nnc2C(C)(C)C)C1C. The summed E-state index contributed by atoms with van der Waals surface area (Å²) >= 11 is 6.23. The van der Waals surface area contributed by atoms with Gasteiger partial charge in [0.2, 0.25) is 5.28 Å². The molecular formula is C13H22ClN3. The van der Waals surface area contributed by atoms with E-state index in [1.807, 2.05) is 0 Å². The average Bonchev–Trinajstić information content (AvgIpc) is 2.72. The summed E-state index contributed by atoms with van der Waals surface area (Å²) in [5.74, 6) is 2.41. The summed E-state index contributed by atoms with van der Waals surface area (Å²) in [4.78, 5) is 0. The van der Waals surface area contributed by atoms with Crippen molar-refractivity contribution in [3.05, 3.63) is 11.1 Å². The molecule has 3 nitrogen and oxygen atoms in total. The minimum atomic E-state index is -0.00825. The van der Waals surface area contributed by atoms with E-state index in [1.54, 1.807) is 0 Å². The fourth-order valence-electron chi connectivity index (χ4n) is 2.78. The lowest BCUT2D eigenvalue weighted by Crippen LogP contribution is -2.24. The molecule has 1 fully saturated rings. The maximum Gasteiger partial charge on any atom is 0.225 e. The summed E-state index contributed by atoms with van der Waals surface area (Å²) in [6.45, 7) is 11.1. The van der Waals surface area contributed by atoms with Crippen LogP contribution < -0.4 is 0 Å². The van der Waals surface area contributed by atoms with E-state index in [-0.39, 0.29) is 5.41 Å². The molecule has 0 spiro atoms. The highest BCUT2D eigenvalue weighted by Gasteiger charge is 2.36. The van der Waals surface area contributed by atoms with E-state index < -0.39 is 0 Å². The lowest BCUT2D eigenvalue weighted by molar-refractivity contribution is 0.332. The van der Waals surface area contributed by atoms with Crippen molar-refractivity contribution in [3.8, 4) is 0 Å². The Morgan fingerprint density at radius 2 is 1.82 bits per heavy atom. The van der Waals surface area contributed by atoms with Crippen LogP contribution in [0.15, 0.2) is 0 Å². The zero-order valence-corrected chi connectivity index (χ0v) is 12.1. The first-order chi connectivity index (χ1) is 7.82. The van der Waals surface area contributed by atoms with Crippen molar-refractivity contribution < 1.29 is 0 Å². The molecule has 1 aromatic heterocycles. The Balaban J connectivity index is 2.42. The second-order valence-electron chi connectivity index (χ2n) is 6.39. The maximum absolute atomic E-state index is 6.23. The highest BCUT2D eigenvalue weighted by Crippen LogP contribution is 2.42. The van der Waals surface area contributed by atoms with Gasteiger partial charge in [0.15, 0.2) is 0 Å². The predicted octanol–water partition coefficient (Wildman–Crippen LogP) is 3.84. The second-order valence-corrected chi connectivity index (χ2v) is 6.73. The zero-order chi connectivity index (χ0) is 12.8. The third-order valence-corrected chi connectivity index (χ3v) is 4.34. The van der Waals surface area contributed by atoms with Crippen LogP contribution in [-0.2, 0) is 5.41 Å². The standard InChI is InChI=1S/C13H22ClN3/c1-8-6-7-10(9(8)2)17-11(13(3,4)5)15-16-12(17)14/h8-10H,6-7H2,1-5H3. The fourth-order valence-corrected chi connectivity index (χ4v) is 3.02. The molecule has 3 unspecified atom stereocenters. The van der Waals surface area contributed by atoms with Gasteiger partial charge in [-0.25, -0.2) is 0 Å². The Bertz CT molecular complexity index is 405. The number of halogens is 1. The van der Waals surface area contributed by atoms with E-state index in [1.165, 1.54) is 12.8 Å². The van der Waals surface area contributed by atoms with Gasteiger partial charge in [0.1, 0.15) is 5.82 Å². The third-order valence-electron chi connectivity index (χ3n) is 4.08. The van der Waals surface area contributed by atoms with Crippen LogP contribution in [0.4, 0.5) is 0 Å². The van der Waals surface area contributed by atoms with Gasteiger partial charge >= 0.3 is 0 Å². The molecule has 96 valence electrons. The minimum Gasteiger partial charge on any atom is -0.298 e. The topological polar surface area (TPSA) is 30.7 Å². The largest absolute Gasteiger partial charge is 0.298 e. The maximum atomic E-state index is 6.23. The van der Waals surface area contributed by atoms with Gasteiger partial charge in [-0.1, -0.05) is 34.6 Å². The summed E-state index contributed by atoms with van der Waals surface area (Å²) in [6.07, 6.45) is 2.45. The van der Waals surface area contributed by atoms with Gasteiger partial charge in [-0.05, 0) is 36.3 Å². The van der Waals surface area contributed by atoms with Crippen molar-refractivity contribution in [1.82, 2.24) is 14.8 Å². The van der Waals surface area contributed by atoms with Crippen LogP contribution in [0.3, 0.4) is 0 Å². The van der Waals surface area contributed by atoms with Gasteiger partial charge in [-0.3, -0.25) is 4.57 Å². The average molecular weight is 256 g/mol. The lowest BCUT2D eigenvalue weighted by atomic mass is 9.93. The molecule has 1 heterocycles. The van der Waals surface area contributed by atoms with E-state index in [2.05, 4.69) is 49.4 Å². The normalized spacial score (nSPS) is 29.9. The smallest absolute Gasteiger partial charge is 0.225 e. The van der Waals surface area contributed by atoms with Crippen LogP contribution in [0.1, 0.15) is 59.3 Å². The van der Waals surface area contributed by atoms with Crippen molar-refractivity contribution in [2.45, 2.75) is 58.9 Å². The number of rotatable bonds is 1. The Hall–Kier alpha value is -0.570. The molecule has 0 radical (unpaired) electrons. The predicted molar refractivity (Wildman–Crippen MR) is 70.3 cm³/mol.